The molecular formula is C19H23N3O5S2. The van der Waals surface area contributed by atoms with E-state index in [2.05, 4.69) is 5.32 Å². The van der Waals surface area contributed by atoms with Crippen molar-refractivity contribution in [3.05, 3.63) is 47.8 Å². The number of hydrogen-bond donors (Lipinski definition) is 1. The molecule has 1 fully saturated rings. The molecule has 1 aliphatic rings. The van der Waals surface area contributed by atoms with Crippen LogP contribution in [-0.2, 0) is 26.6 Å². The summed E-state index contributed by atoms with van der Waals surface area (Å²) in [4.78, 5) is 25.5. The van der Waals surface area contributed by atoms with Crippen LogP contribution >= 0.6 is 11.8 Å². The summed E-state index contributed by atoms with van der Waals surface area (Å²) in [7, 11) is -2.14. The van der Waals surface area contributed by atoms with Crippen molar-refractivity contribution in [1.29, 1.82) is 0 Å². The number of ether oxygens (including phenoxy) is 1. The third kappa shape index (κ3) is 5.27. The molecule has 1 aromatic heterocycles. The van der Waals surface area contributed by atoms with E-state index in [4.69, 9.17) is 4.74 Å². The van der Waals surface area contributed by atoms with E-state index >= 15 is 0 Å². The number of rotatable bonds is 6. The van der Waals surface area contributed by atoms with E-state index in [1.165, 1.54) is 32.9 Å². The van der Waals surface area contributed by atoms with E-state index in [1.54, 1.807) is 7.05 Å². The van der Waals surface area contributed by atoms with Crippen LogP contribution in [0, 0.1) is 6.92 Å². The van der Waals surface area contributed by atoms with Gasteiger partial charge in [-0.3, -0.25) is 14.9 Å². The van der Waals surface area contributed by atoms with Gasteiger partial charge in [0.25, 0.3) is 5.91 Å². The van der Waals surface area contributed by atoms with Gasteiger partial charge in [-0.05, 0) is 25.1 Å². The first kappa shape index (κ1) is 21.6. The van der Waals surface area contributed by atoms with Crippen molar-refractivity contribution >= 4 is 33.6 Å². The van der Waals surface area contributed by atoms with Gasteiger partial charge in [0.1, 0.15) is 10.6 Å². The zero-order valence-electron chi connectivity index (χ0n) is 16.3. The summed E-state index contributed by atoms with van der Waals surface area (Å²) in [6, 6.07) is 9.02. The Morgan fingerprint density at radius 3 is 2.48 bits per heavy atom. The average Bonchev–Trinajstić information content (AvgIpc) is 3.11. The van der Waals surface area contributed by atoms with Gasteiger partial charge in [-0.1, -0.05) is 17.7 Å². The Hall–Kier alpha value is -2.14. The zero-order chi connectivity index (χ0) is 21.0. The fourth-order valence-electron chi connectivity index (χ4n) is 2.85. The van der Waals surface area contributed by atoms with Gasteiger partial charge in [-0.15, -0.1) is 11.8 Å². The minimum atomic E-state index is -3.71. The van der Waals surface area contributed by atoms with Crippen LogP contribution in [0.1, 0.15) is 16.1 Å². The number of benzene rings is 1. The fraction of sp³-hybridized carbons (Fsp3) is 0.368. The molecule has 0 spiro atoms. The standard InChI is InChI=1S/C19H23N3O5S2/c1-14-3-5-15(6-4-14)28-13-18(23)20-19(24)17-11-16(12-21(17)2)29(25,26)22-7-9-27-10-8-22/h3-6,11-12H,7-10,13H2,1-2H3,(H,20,23,24). The molecular weight excluding hydrogens is 414 g/mol. The first-order valence-corrected chi connectivity index (χ1v) is 11.5. The monoisotopic (exact) mass is 437 g/mol. The molecule has 1 saturated heterocycles. The highest BCUT2D eigenvalue weighted by Crippen LogP contribution is 2.20. The summed E-state index contributed by atoms with van der Waals surface area (Å²) in [5.74, 6) is -0.997. The number of carbonyl (C=O) groups excluding carboxylic acids is 2. The van der Waals surface area contributed by atoms with Crippen molar-refractivity contribution in [2.75, 3.05) is 32.1 Å². The van der Waals surface area contributed by atoms with Crippen molar-refractivity contribution in [3.63, 3.8) is 0 Å². The van der Waals surface area contributed by atoms with Crippen LogP contribution < -0.4 is 5.32 Å². The van der Waals surface area contributed by atoms with Crippen LogP contribution in [0.3, 0.4) is 0 Å². The van der Waals surface area contributed by atoms with Crippen molar-refractivity contribution in [3.8, 4) is 0 Å². The summed E-state index contributed by atoms with van der Waals surface area (Å²) < 4.78 is 33.4. The third-order valence-electron chi connectivity index (χ3n) is 4.46. The number of aryl methyl sites for hydroxylation is 2. The second kappa shape index (κ2) is 9.12. The predicted molar refractivity (Wildman–Crippen MR) is 109 cm³/mol. The molecule has 0 saturated carbocycles. The molecule has 8 nitrogen and oxygen atoms in total. The molecule has 2 aromatic rings. The highest BCUT2D eigenvalue weighted by atomic mass is 32.2. The van der Waals surface area contributed by atoms with Crippen molar-refractivity contribution < 1.29 is 22.7 Å². The Bertz CT molecular complexity index is 993. The zero-order valence-corrected chi connectivity index (χ0v) is 17.9. The number of thioether (sulfide) groups is 1. The number of carbonyl (C=O) groups is 2. The first-order chi connectivity index (χ1) is 13.8. The van der Waals surface area contributed by atoms with Crippen LogP contribution in [0.2, 0.25) is 0 Å². The molecule has 0 atom stereocenters. The quantitative estimate of drug-likeness (QED) is 0.686. The highest BCUT2D eigenvalue weighted by Gasteiger charge is 2.29. The SMILES string of the molecule is Cc1ccc(SCC(=O)NC(=O)c2cc(S(=O)(=O)N3CCOCC3)cn2C)cc1. The molecule has 29 heavy (non-hydrogen) atoms. The predicted octanol–water partition coefficient (Wildman–Crippen LogP) is 1.40. The van der Waals surface area contributed by atoms with Crippen LogP contribution in [0.5, 0.6) is 0 Å². The second-order valence-electron chi connectivity index (χ2n) is 6.67. The van der Waals surface area contributed by atoms with Crippen molar-refractivity contribution in [2.24, 2.45) is 7.05 Å². The molecule has 0 bridgehead atoms. The first-order valence-electron chi connectivity index (χ1n) is 9.05. The van der Waals surface area contributed by atoms with Gasteiger partial charge in [0, 0.05) is 31.2 Å². The minimum Gasteiger partial charge on any atom is -0.379 e. The van der Waals surface area contributed by atoms with E-state index in [-0.39, 0.29) is 29.4 Å². The van der Waals surface area contributed by atoms with Gasteiger partial charge in [0.2, 0.25) is 15.9 Å². The summed E-state index contributed by atoms with van der Waals surface area (Å²) in [5, 5.41) is 2.32. The molecule has 3 rings (SSSR count). The number of amides is 2. The van der Waals surface area contributed by atoms with Gasteiger partial charge in [-0.25, -0.2) is 8.42 Å². The minimum absolute atomic E-state index is 0.0218. The lowest BCUT2D eigenvalue weighted by atomic mass is 10.2. The Labute approximate surface area is 174 Å². The molecule has 2 amide bonds. The smallest absolute Gasteiger partial charge is 0.274 e. The Morgan fingerprint density at radius 1 is 1.17 bits per heavy atom. The van der Waals surface area contributed by atoms with Crippen molar-refractivity contribution in [2.45, 2.75) is 16.7 Å². The number of imide groups is 1. The summed E-state index contributed by atoms with van der Waals surface area (Å²) in [6.07, 6.45) is 1.38. The number of nitrogens with one attached hydrogen (secondary N) is 1. The van der Waals surface area contributed by atoms with Crippen LogP contribution in [0.4, 0.5) is 0 Å². The summed E-state index contributed by atoms with van der Waals surface area (Å²) >= 11 is 1.32. The summed E-state index contributed by atoms with van der Waals surface area (Å²) in [6.45, 7) is 3.20. The van der Waals surface area contributed by atoms with Gasteiger partial charge < -0.3 is 9.30 Å². The number of morpholine rings is 1. The van der Waals surface area contributed by atoms with E-state index < -0.39 is 21.8 Å². The molecule has 1 aromatic carbocycles. The number of aromatic nitrogens is 1. The van der Waals surface area contributed by atoms with Crippen LogP contribution in [0.15, 0.2) is 46.3 Å². The Kier molecular flexibility index (Phi) is 6.78. The average molecular weight is 438 g/mol. The lowest BCUT2D eigenvalue weighted by Crippen LogP contribution is -2.40. The Morgan fingerprint density at radius 2 is 1.83 bits per heavy atom. The Balaban J connectivity index is 1.63. The molecule has 1 aliphatic heterocycles. The highest BCUT2D eigenvalue weighted by molar-refractivity contribution is 8.00. The second-order valence-corrected chi connectivity index (χ2v) is 9.65. The maximum atomic E-state index is 12.7. The molecule has 0 unspecified atom stereocenters. The van der Waals surface area contributed by atoms with Crippen molar-refractivity contribution in [1.82, 2.24) is 14.2 Å². The number of sulfonamides is 1. The van der Waals surface area contributed by atoms with Gasteiger partial charge >= 0.3 is 0 Å². The maximum absolute atomic E-state index is 12.7. The molecule has 156 valence electrons. The number of nitrogens with zero attached hydrogens (tertiary/aromatic N) is 2. The molecule has 0 aliphatic carbocycles. The van der Waals surface area contributed by atoms with Gasteiger partial charge in [0.15, 0.2) is 0 Å². The molecule has 0 radical (unpaired) electrons. The van der Waals surface area contributed by atoms with Crippen LogP contribution in [0.25, 0.3) is 0 Å². The van der Waals surface area contributed by atoms with Gasteiger partial charge in [0.05, 0.1) is 19.0 Å². The number of hydrogen-bond acceptors (Lipinski definition) is 6. The molecule has 1 N–H and O–H groups in total. The topological polar surface area (TPSA) is 97.7 Å². The fourth-order valence-corrected chi connectivity index (χ4v) is 5.03. The summed E-state index contributed by atoms with van der Waals surface area (Å²) in [5.41, 5.74) is 1.23. The lowest BCUT2D eigenvalue weighted by Gasteiger charge is -2.25. The van der Waals surface area contributed by atoms with Crippen LogP contribution in [-0.4, -0.2) is 61.2 Å². The van der Waals surface area contributed by atoms with E-state index in [1.807, 2.05) is 31.2 Å². The molecule has 10 heteroatoms. The van der Waals surface area contributed by atoms with E-state index in [0.29, 0.717) is 13.2 Å². The lowest BCUT2D eigenvalue weighted by molar-refractivity contribution is -0.117. The van der Waals surface area contributed by atoms with Gasteiger partial charge in [-0.2, -0.15) is 4.31 Å². The molecule has 2 heterocycles. The third-order valence-corrected chi connectivity index (χ3v) is 7.34. The maximum Gasteiger partial charge on any atom is 0.274 e. The van der Waals surface area contributed by atoms with E-state index in [9.17, 15) is 18.0 Å². The normalized spacial score (nSPS) is 15.2. The largest absolute Gasteiger partial charge is 0.379 e. The van der Waals surface area contributed by atoms with E-state index in [0.717, 1.165) is 10.5 Å².